The number of likely N-dealkylation sites (tertiary alicyclic amines) is 1. The quantitative estimate of drug-likeness (QED) is 0.647. The Labute approximate surface area is 197 Å². The van der Waals surface area contributed by atoms with E-state index in [4.69, 9.17) is 4.74 Å². The first-order valence-corrected chi connectivity index (χ1v) is 12.4. The van der Waals surface area contributed by atoms with E-state index >= 15 is 0 Å². The maximum absolute atomic E-state index is 13.2. The second-order valence-corrected chi connectivity index (χ2v) is 9.48. The maximum atomic E-state index is 13.2. The minimum Gasteiger partial charge on any atom is -0.492 e. The first-order chi connectivity index (χ1) is 16.0. The van der Waals surface area contributed by atoms with Gasteiger partial charge in [0.05, 0.1) is 18.2 Å². The van der Waals surface area contributed by atoms with E-state index in [0.717, 1.165) is 56.9 Å². The molecule has 1 aromatic carbocycles. The van der Waals surface area contributed by atoms with Crippen LogP contribution in [0.5, 0.6) is 5.75 Å². The summed E-state index contributed by atoms with van der Waals surface area (Å²) in [5, 5.41) is 11.3. The van der Waals surface area contributed by atoms with Crippen LogP contribution in [0.25, 0.3) is 0 Å². The van der Waals surface area contributed by atoms with E-state index in [-0.39, 0.29) is 18.0 Å². The molecule has 0 radical (unpaired) electrons. The number of aryl methyl sites for hydroxylation is 1. The number of benzene rings is 1. The molecule has 180 valence electrons. The number of likely N-dealkylation sites (N-methyl/N-ethyl adjacent to an activating group) is 1. The van der Waals surface area contributed by atoms with Gasteiger partial charge < -0.3 is 19.3 Å². The number of amides is 1. The molecule has 0 bridgehead atoms. The second kappa shape index (κ2) is 11.2. The summed E-state index contributed by atoms with van der Waals surface area (Å²) in [5.41, 5.74) is 0.618. The lowest BCUT2D eigenvalue weighted by atomic mass is 9.99. The molecule has 2 aliphatic rings. The summed E-state index contributed by atoms with van der Waals surface area (Å²) in [7, 11) is 1.81. The molecule has 1 amide bonds. The van der Waals surface area contributed by atoms with Crippen molar-refractivity contribution in [2.45, 2.75) is 70.1 Å². The van der Waals surface area contributed by atoms with Crippen LogP contribution >= 0.6 is 0 Å². The maximum Gasteiger partial charge on any atom is 0.253 e. The number of carbonyl (C=O) groups is 1. The van der Waals surface area contributed by atoms with Gasteiger partial charge in [0.25, 0.3) is 5.91 Å². The fourth-order valence-corrected chi connectivity index (χ4v) is 5.29. The summed E-state index contributed by atoms with van der Waals surface area (Å²) in [4.78, 5) is 21.7. The van der Waals surface area contributed by atoms with Crippen LogP contribution in [0.15, 0.2) is 36.7 Å². The number of rotatable bonds is 7. The Hall–Kier alpha value is -2.38. The highest BCUT2D eigenvalue weighted by Gasteiger charge is 2.36. The monoisotopic (exact) mass is 454 g/mol. The van der Waals surface area contributed by atoms with E-state index in [1.54, 1.807) is 11.1 Å². The summed E-state index contributed by atoms with van der Waals surface area (Å²) in [6.45, 7) is 5.89. The Balaban J connectivity index is 1.35. The molecular weight excluding hydrogens is 416 g/mol. The number of nitrogens with zero attached hydrogens (tertiary/aromatic N) is 4. The Bertz CT molecular complexity index is 891. The first-order valence-electron chi connectivity index (χ1n) is 12.4. The van der Waals surface area contributed by atoms with Gasteiger partial charge >= 0.3 is 0 Å². The lowest BCUT2D eigenvalue weighted by Crippen LogP contribution is -2.47. The molecule has 1 aromatic heterocycles. The second-order valence-electron chi connectivity index (χ2n) is 9.48. The number of ether oxygens (including phenoxy) is 1. The van der Waals surface area contributed by atoms with Crippen molar-refractivity contribution in [3.05, 3.63) is 48.0 Å². The van der Waals surface area contributed by atoms with Gasteiger partial charge in [0, 0.05) is 31.5 Å². The zero-order valence-electron chi connectivity index (χ0n) is 20.0. The van der Waals surface area contributed by atoms with Crippen LogP contribution in [-0.2, 0) is 0 Å². The standard InChI is InChI=1S/C26H38N4O3/c1-20-27-14-17-30(20)24-9-5-4-8-23(25(24)31)28(2)26(32)21-10-12-22(13-11-21)33-19-18-29-15-6-3-7-16-29/h10-14,17,23-25,31H,3-9,15-16,18-19H2,1-2H3/t23-,24-,25-/m1/s1. The molecule has 0 unspecified atom stereocenters. The number of hydrogen-bond acceptors (Lipinski definition) is 5. The number of carbonyl (C=O) groups excluding carboxylic acids is 1. The van der Waals surface area contributed by atoms with Crippen LogP contribution in [0, 0.1) is 6.92 Å². The summed E-state index contributed by atoms with van der Waals surface area (Å²) in [6, 6.07) is 7.11. The van der Waals surface area contributed by atoms with E-state index in [9.17, 15) is 9.90 Å². The number of aliphatic hydroxyl groups excluding tert-OH is 1. The van der Waals surface area contributed by atoms with Crippen molar-refractivity contribution in [3.63, 3.8) is 0 Å². The number of imidazole rings is 1. The number of aromatic nitrogens is 2. The molecule has 7 heteroatoms. The normalized spacial score (nSPS) is 24.3. The number of aliphatic hydroxyl groups is 1. The Morgan fingerprint density at radius 2 is 1.85 bits per heavy atom. The highest BCUT2D eigenvalue weighted by molar-refractivity contribution is 5.94. The zero-order chi connectivity index (χ0) is 23.2. The first kappa shape index (κ1) is 23.8. The molecule has 0 spiro atoms. The fourth-order valence-electron chi connectivity index (χ4n) is 5.29. The summed E-state index contributed by atoms with van der Waals surface area (Å²) in [5.74, 6) is 1.61. The zero-order valence-corrected chi connectivity index (χ0v) is 20.0. The van der Waals surface area contributed by atoms with Crippen molar-refractivity contribution in [1.29, 1.82) is 0 Å². The molecule has 3 atom stereocenters. The molecule has 2 aromatic rings. The predicted octanol–water partition coefficient (Wildman–Crippen LogP) is 3.67. The van der Waals surface area contributed by atoms with Crippen molar-refractivity contribution in [1.82, 2.24) is 19.4 Å². The minimum absolute atomic E-state index is 0.0640. The predicted molar refractivity (Wildman–Crippen MR) is 129 cm³/mol. The van der Waals surface area contributed by atoms with E-state index in [1.807, 2.05) is 44.4 Å². The van der Waals surface area contributed by atoms with Gasteiger partial charge in [-0.15, -0.1) is 0 Å². The molecule has 2 heterocycles. The molecular formula is C26H38N4O3. The Kier molecular flexibility index (Phi) is 8.04. The van der Waals surface area contributed by atoms with Gasteiger partial charge in [0.2, 0.25) is 0 Å². The minimum atomic E-state index is -0.633. The van der Waals surface area contributed by atoms with Gasteiger partial charge in [-0.3, -0.25) is 9.69 Å². The molecule has 33 heavy (non-hydrogen) atoms. The van der Waals surface area contributed by atoms with Gasteiger partial charge in [-0.2, -0.15) is 0 Å². The largest absolute Gasteiger partial charge is 0.492 e. The van der Waals surface area contributed by atoms with Crippen molar-refractivity contribution in [2.24, 2.45) is 0 Å². The Morgan fingerprint density at radius 1 is 1.12 bits per heavy atom. The van der Waals surface area contributed by atoms with E-state index in [1.165, 1.54) is 19.3 Å². The van der Waals surface area contributed by atoms with Crippen LogP contribution < -0.4 is 4.74 Å². The third kappa shape index (κ3) is 5.76. The topological polar surface area (TPSA) is 70.8 Å². The van der Waals surface area contributed by atoms with Gasteiger partial charge in [0.15, 0.2) is 0 Å². The molecule has 7 nitrogen and oxygen atoms in total. The fraction of sp³-hybridized carbons (Fsp3) is 0.615. The molecule has 4 rings (SSSR count). The van der Waals surface area contributed by atoms with E-state index < -0.39 is 6.10 Å². The van der Waals surface area contributed by atoms with Crippen LogP contribution in [0.2, 0.25) is 0 Å². The molecule has 2 fully saturated rings. The summed E-state index contributed by atoms with van der Waals surface area (Å²) in [6.07, 6.45) is 10.7. The van der Waals surface area contributed by atoms with Crippen LogP contribution in [-0.4, -0.2) is 75.8 Å². The van der Waals surface area contributed by atoms with Crippen LogP contribution in [0.3, 0.4) is 0 Å². The third-order valence-corrected chi connectivity index (χ3v) is 7.30. The smallest absolute Gasteiger partial charge is 0.253 e. The highest BCUT2D eigenvalue weighted by Crippen LogP contribution is 2.31. The van der Waals surface area contributed by atoms with E-state index in [0.29, 0.717) is 12.2 Å². The molecule has 1 saturated carbocycles. The number of hydrogen-bond donors (Lipinski definition) is 1. The lowest BCUT2D eigenvalue weighted by molar-refractivity contribution is 0.0225. The van der Waals surface area contributed by atoms with Crippen molar-refractivity contribution in [2.75, 3.05) is 33.3 Å². The lowest BCUT2D eigenvalue weighted by Gasteiger charge is -2.35. The van der Waals surface area contributed by atoms with Gasteiger partial charge in [0.1, 0.15) is 18.2 Å². The van der Waals surface area contributed by atoms with Crippen molar-refractivity contribution in [3.8, 4) is 5.75 Å². The van der Waals surface area contributed by atoms with Gasteiger partial charge in [-0.1, -0.05) is 19.3 Å². The molecule has 1 saturated heterocycles. The van der Waals surface area contributed by atoms with Crippen molar-refractivity contribution >= 4 is 5.91 Å². The van der Waals surface area contributed by atoms with Gasteiger partial charge in [-0.05, 0) is 70.0 Å². The highest BCUT2D eigenvalue weighted by atomic mass is 16.5. The Morgan fingerprint density at radius 3 is 2.55 bits per heavy atom. The van der Waals surface area contributed by atoms with Crippen LogP contribution in [0.1, 0.15) is 67.2 Å². The van der Waals surface area contributed by atoms with E-state index in [2.05, 4.69) is 14.5 Å². The summed E-state index contributed by atoms with van der Waals surface area (Å²) < 4.78 is 7.96. The molecule has 1 N–H and O–H groups in total. The van der Waals surface area contributed by atoms with Crippen LogP contribution in [0.4, 0.5) is 0 Å². The molecule has 1 aliphatic heterocycles. The number of piperidine rings is 1. The SMILES string of the molecule is Cc1nccn1[C@@H]1CCCC[C@@H](N(C)C(=O)c2ccc(OCCN3CCCCC3)cc2)[C@H]1O. The third-order valence-electron chi connectivity index (χ3n) is 7.30. The van der Waals surface area contributed by atoms with Crippen molar-refractivity contribution < 1.29 is 14.6 Å². The summed E-state index contributed by atoms with van der Waals surface area (Å²) >= 11 is 0. The van der Waals surface area contributed by atoms with Gasteiger partial charge in [-0.25, -0.2) is 4.98 Å². The molecule has 1 aliphatic carbocycles. The average Bonchev–Trinajstić information content (AvgIpc) is 3.17. The average molecular weight is 455 g/mol.